The zero-order chi connectivity index (χ0) is 16.8. The molecule has 0 saturated carbocycles. The summed E-state index contributed by atoms with van der Waals surface area (Å²) in [5, 5.41) is 12.6. The number of amides is 1. The predicted octanol–water partition coefficient (Wildman–Crippen LogP) is 4.84. The molecule has 0 fully saturated rings. The van der Waals surface area contributed by atoms with Gasteiger partial charge < -0.3 is 4.74 Å². The Balaban J connectivity index is 2.12. The molecule has 1 heterocycles. The van der Waals surface area contributed by atoms with E-state index in [1.807, 2.05) is 6.92 Å². The van der Waals surface area contributed by atoms with Crippen LogP contribution in [-0.4, -0.2) is 22.7 Å². The first-order chi connectivity index (χ1) is 11.0. The number of nitrogens with one attached hydrogen (secondary N) is 1. The molecule has 1 aromatic carbocycles. The van der Waals surface area contributed by atoms with Crippen LogP contribution in [0.2, 0.25) is 10.0 Å². The first-order valence-electron chi connectivity index (χ1n) is 7.30. The first kappa shape index (κ1) is 18.0. The van der Waals surface area contributed by atoms with E-state index < -0.39 is 0 Å². The standard InChI is InChI=1S/C15H17Cl2N3O2S/c1-3-5-12-19-20-15(23-12)18-14(21)9-7-10(16)13(11(17)8-9)22-6-4-2/h7-8H,3-6H2,1-2H3,(H,18,20,21). The molecule has 2 aromatic rings. The molecular formula is C15H17Cl2N3O2S. The van der Waals surface area contributed by atoms with Gasteiger partial charge in [0.25, 0.3) is 5.91 Å². The largest absolute Gasteiger partial charge is 0.490 e. The van der Waals surface area contributed by atoms with Gasteiger partial charge in [-0.15, -0.1) is 10.2 Å². The SMILES string of the molecule is CCCOc1c(Cl)cc(C(=O)Nc2nnc(CCC)s2)cc1Cl. The Morgan fingerprint density at radius 2 is 1.91 bits per heavy atom. The van der Waals surface area contributed by atoms with Crippen molar-refractivity contribution in [1.29, 1.82) is 0 Å². The van der Waals surface area contributed by atoms with Crippen LogP contribution < -0.4 is 10.1 Å². The van der Waals surface area contributed by atoms with E-state index in [2.05, 4.69) is 22.4 Å². The van der Waals surface area contributed by atoms with E-state index in [4.69, 9.17) is 27.9 Å². The molecule has 2 rings (SSSR count). The van der Waals surface area contributed by atoms with Gasteiger partial charge in [-0.1, -0.05) is 48.4 Å². The van der Waals surface area contributed by atoms with E-state index in [9.17, 15) is 4.79 Å². The summed E-state index contributed by atoms with van der Waals surface area (Å²) in [6.45, 7) is 4.56. The van der Waals surface area contributed by atoms with E-state index in [0.717, 1.165) is 24.3 Å². The normalized spacial score (nSPS) is 10.6. The summed E-state index contributed by atoms with van der Waals surface area (Å²) in [6.07, 6.45) is 2.66. The summed E-state index contributed by atoms with van der Waals surface area (Å²) >= 11 is 13.7. The van der Waals surface area contributed by atoms with Crippen LogP contribution in [-0.2, 0) is 6.42 Å². The molecule has 0 bridgehead atoms. The highest BCUT2D eigenvalue weighted by atomic mass is 35.5. The van der Waals surface area contributed by atoms with Gasteiger partial charge in [-0.05, 0) is 25.0 Å². The number of aromatic nitrogens is 2. The molecular weight excluding hydrogens is 357 g/mol. The third-order valence-electron chi connectivity index (χ3n) is 2.86. The molecule has 0 unspecified atom stereocenters. The quantitative estimate of drug-likeness (QED) is 0.753. The number of hydrogen-bond donors (Lipinski definition) is 1. The minimum absolute atomic E-state index is 0.306. The van der Waals surface area contributed by atoms with Crippen molar-refractivity contribution in [3.05, 3.63) is 32.7 Å². The van der Waals surface area contributed by atoms with E-state index in [1.165, 1.54) is 23.5 Å². The highest BCUT2D eigenvalue weighted by Crippen LogP contribution is 2.34. The second-order valence-electron chi connectivity index (χ2n) is 4.82. The summed E-state index contributed by atoms with van der Waals surface area (Å²) in [4.78, 5) is 12.3. The second-order valence-corrected chi connectivity index (χ2v) is 6.70. The van der Waals surface area contributed by atoms with E-state index >= 15 is 0 Å². The maximum Gasteiger partial charge on any atom is 0.257 e. The zero-order valence-corrected chi connectivity index (χ0v) is 15.2. The minimum atomic E-state index is -0.338. The Morgan fingerprint density at radius 1 is 1.22 bits per heavy atom. The van der Waals surface area contributed by atoms with Crippen LogP contribution in [0.3, 0.4) is 0 Å². The third kappa shape index (κ3) is 4.80. The maximum atomic E-state index is 12.3. The number of hydrogen-bond acceptors (Lipinski definition) is 5. The molecule has 0 aliphatic heterocycles. The summed E-state index contributed by atoms with van der Waals surface area (Å²) in [6, 6.07) is 3.06. The number of ether oxygens (including phenoxy) is 1. The fraction of sp³-hybridized carbons (Fsp3) is 0.400. The molecule has 1 aromatic heterocycles. The van der Waals surface area contributed by atoms with Crippen LogP contribution >= 0.6 is 34.5 Å². The number of rotatable bonds is 7. The monoisotopic (exact) mass is 373 g/mol. The van der Waals surface area contributed by atoms with Crippen molar-refractivity contribution in [2.75, 3.05) is 11.9 Å². The molecule has 1 N–H and O–H groups in total. The van der Waals surface area contributed by atoms with Crippen LogP contribution in [0.15, 0.2) is 12.1 Å². The lowest BCUT2D eigenvalue weighted by molar-refractivity contribution is 0.102. The number of benzene rings is 1. The number of carbonyl (C=O) groups excluding carboxylic acids is 1. The molecule has 0 radical (unpaired) electrons. The lowest BCUT2D eigenvalue weighted by Gasteiger charge is -2.10. The number of carbonyl (C=O) groups is 1. The van der Waals surface area contributed by atoms with Crippen LogP contribution in [0.25, 0.3) is 0 Å². The van der Waals surface area contributed by atoms with Crippen molar-refractivity contribution in [3.63, 3.8) is 0 Å². The molecule has 0 aliphatic carbocycles. The van der Waals surface area contributed by atoms with Crippen molar-refractivity contribution in [1.82, 2.24) is 10.2 Å². The van der Waals surface area contributed by atoms with E-state index in [0.29, 0.717) is 33.1 Å². The highest BCUT2D eigenvalue weighted by Gasteiger charge is 2.15. The van der Waals surface area contributed by atoms with Gasteiger partial charge in [0.05, 0.1) is 16.7 Å². The Morgan fingerprint density at radius 3 is 2.52 bits per heavy atom. The lowest BCUT2D eigenvalue weighted by Crippen LogP contribution is -2.12. The Hall–Kier alpha value is -1.37. The van der Waals surface area contributed by atoms with Gasteiger partial charge in [-0.2, -0.15) is 0 Å². The number of nitrogens with zero attached hydrogens (tertiary/aromatic N) is 2. The fourth-order valence-electron chi connectivity index (χ4n) is 1.82. The number of halogens is 2. The van der Waals surface area contributed by atoms with Crippen LogP contribution in [0.4, 0.5) is 5.13 Å². The average molecular weight is 374 g/mol. The Bertz CT molecular complexity index is 668. The summed E-state index contributed by atoms with van der Waals surface area (Å²) in [7, 11) is 0. The summed E-state index contributed by atoms with van der Waals surface area (Å²) < 4.78 is 5.48. The van der Waals surface area contributed by atoms with Crippen molar-refractivity contribution in [2.45, 2.75) is 33.1 Å². The summed E-state index contributed by atoms with van der Waals surface area (Å²) in [5.41, 5.74) is 0.344. The van der Waals surface area contributed by atoms with Gasteiger partial charge in [0, 0.05) is 12.0 Å². The molecule has 0 saturated heterocycles. The number of aryl methyl sites for hydroxylation is 1. The first-order valence-corrected chi connectivity index (χ1v) is 8.88. The van der Waals surface area contributed by atoms with Gasteiger partial charge >= 0.3 is 0 Å². The van der Waals surface area contributed by atoms with Crippen LogP contribution in [0, 0.1) is 0 Å². The predicted molar refractivity (Wildman–Crippen MR) is 94.1 cm³/mol. The van der Waals surface area contributed by atoms with Crippen LogP contribution in [0.5, 0.6) is 5.75 Å². The molecule has 1 amide bonds. The molecule has 124 valence electrons. The Kier molecular flexibility index (Phi) is 6.62. The number of anilines is 1. The van der Waals surface area contributed by atoms with E-state index in [-0.39, 0.29) is 5.91 Å². The maximum absolute atomic E-state index is 12.3. The topological polar surface area (TPSA) is 64.1 Å². The molecule has 0 atom stereocenters. The van der Waals surface area contributed by atoms with Gasteiger partial charge in [-0.3, -0.25) is 10.1 Å². The summed E-state index contributed by atoms with van der Waals surface area (Å²) in [5.74, 6) is 0.0583. The molecule has 23 heavy (non-hydrogen) atoms. The molecule has 8 heteroatoms. The highest BCUT2D eigenvalue weighted by molar-refractivity contribution is 7.15. The molecule has 0 spiro atoms. The fourth-order valence-corrected chi connectivity index (χ4v) is 3.25. The second kappa shape index (κ2) is 8.47. The van der Waals surface area contributed by atoms with Gasteiger partial charge in [0.15, 0.2) is 5.75 Å². The van der Waals surface area contributed by atoms with Gasteiger partial charge in [0.2, 0.25) is 5.13 Å². The molecule has 0 aliphatic rings. The lowest BCUT2D eigenvalue weighted by atomic mass is 10.2. The van der Waals surface area contributed by atoms with Crippen molar-refractivity contribution < 1.29 is 9.53 Å². The van der Waals surface area contributed by atoms with E-state index in [1.54, 1.807) is 0 Å². The van der Waals surface area contributed by atoms with Crippen molar-refractivity contribution >= 4 is 45.6 Å². The van der Waals surface area contributed by atoms with Crippen LogP contribution in [0.1, 0.15) is 42.1 Å². The molecule has 5 nitrogen and oxygen atoms in total. The smallest absolute Gasteiger partial charge is 0.257 e. The van der Waals surface area contributed by atoms with Gasteiger partial charge in [-0.25, -0.2) is 0 Å². The minimum Gasteiger partial charge on any atom is -0.490 e. The van der Waals surface area contributed by atoms with Gasteiger partial charge in [0.1, 0.15) is 5.01 Å². The zero-order valence-electron chi connectivity index (χ0n) is 12.9. The van der Waals surface area contributed by atoms with Crippen molar-refractivity contribution in [2.24, 2.45) is 0 Å². The average Bonchev–Trinajstić information content (AvgIpc) is 2.94. The van der Waals surface area contributed by atoms with Crippen molar-refractivity contribution in [3.8, 4) is 5.75 Å². The third-order valence-corrected chi connectivity index (χ3v) is 4.32. The Labute approximate surface area is 149 Å².